The molecule has 2 atom stereocenters. The Morgan fingerprint density at radius 2 is 2.11 bits per heavy atom. The molecule has 1 aromatic rings. The Bertz CT molecular complexity index is 506. The fourth-order valence-corrected chi connectivity index (χ4v) is 2.39. The van der Waals surface area contributed by atoms with Gasteiger partial charge in [-0.1, -0.05) is 0 Å². The van der Waals surface area contributed by atoms with Crippen LogP contribution in [0.5, 0.6) is 0 Å². The summed E-state index contributed by atoms with van der Waals surface area (Å²) >= 11 is 0. The second kappa shape index (κ2) is 3.83. The number of rotatable bonds is 2. The van der Waals surface area contributed by atoms with Gasteiger partial charge >= 0.3 is 0 Å². The standard InChI is InChI=1S/C12H16N4O2/c1-7-11(17)13-10(8-3-4-8)12(18)16(7)9-5-6-15(2)14-9/h5-8,10H,3-4H2,1-2H3,(H,13,17). The van der Waals surface area contributed by atoms with Gasteiger partial charge in [0.05, 0.1) is 0 Å². The number of anilines is 1. The maximum Gasteiger partial charge on any atom is 0.251 e. The zero-order valence-corrected chi connectivity index (χ0v) is 10.5. The minimum absolute atomic E-state index is 0.0386. The number of nitrogens with one attached hydrogen (secondary N) is 1. The molecule has 1 aliphatic heterocycles. The molecule has 1 saturated heterocycles. The van der Waals surface area contributed by atoms with E-state index in [0.717, 1.165) is 12.8 Å². The highest BCUT2D eigenvalue weighted by Crippen LogP contribution is 2.35. The van der Waals surface area contributed by atoms with Gasteiger partial charge in [-0.25, -0.2) is 0 Å². The highest BCUT2D eigenvalue weighted by molar-refractivity contribution is 6.07. The molecule has 2 unspecified atom stereocenters. The maximum atomic E-state index is 12.4. The molecule has 0 aromatic carbocycles. The summed E-state index contributed by atoms with van der Waals surface area (Å²) in [5.41, 5.74) is 0. The summed E-state index contributed by atoms with van der Waals surface area (Å²) in [4.78, 5) is 25.9. The second-order valence-corrected chi connectivity index (χ2v) is 5.06. The second-order valence-electron chi connectivity index (χ2n) is 5.06. The topological polar surface area (TPSA) is 67.2 Å². The molecule has 0 bridgehead atoms. The summed E-state index contributed by atoms with van der Waals surface area (Å²) in [6.45, 7) is 1.73. The Hall–Kier alpha value is -1.85. The van der Waals surface area contributed by atoms with Gasteiger partial charge in [-0.15, -0.1) is 0 Å². The quantitative estimate of drug-likeness (QED) is 0.804. The third-order valence-electron chi connectivity index (χ3n) is 3.61. The molecule has 1 N–H and O–H groups in total. The first-order valence-corrected chi connectivity index (χ1v) is 6.21. The fraction of sp³-hybridized carbons (Fsp3) is 0.583. The lowest BCUT2D eigenvalue weighted by Crippen LogP contribution is -2.63. The van der Waals surface area contributed by atoms with Crippen LogP contribution in [0.2, 0.25) is 0 Å². The number of aromatic nitrogens is 2. The summed E-state index contributed by atoms with van der Waals surface area (Å²) in [6.07, 6.45) is 3.80. The predicted molar refractivity (Wildman–Crippen MR) is 64.8 cm³/mol. The van der Waals surface area contributed by atoms with E-state index in [1.54, 1.807) is 30.9 Å². The van der Waals surface area contributed by atoms with Gasteiger partial charge in [-0.3, -0.25) is 19.2 Å². The lowest BCUT2D eigenvalue weighted by molar-refractivity contribution is -0.134. The number of hydrogen-bond donors (Lipinski definition) is 1. The maximum absolute atomic E-state index is 12.4. The van der Waals surface area contributed by atoms with Crippen LogP contribution in [0.3, 0.4) is 0 Å². The molecular formula is C12H16N4O2. The van der Waals surface area contributed by atoms with Crippen LogP contribution in [0, 0.1) is 5.92 Å². The number of nitrogens with zero attached hydrogens (tertiary/aromatic N) is 3. The number of carbonyl (C=O) groups is 2. The van der Waals surface area contributed by atoms with E-state index in [1.807, 2.05) is 0 Å². The van der Waals surface area contributed by atoms with Gasteiger partial charge in [0.15, 0.2) is 5.82 Å². The van der Waals surface area contributed by atoms with Crippen LogP contribution in [0.25, 0.3) is 0 Å². The molecule has 2 heterocycles. The van der Waals surface area contributed by atoms with Gasteiger partial charge in [0.1, 0.15) is 12.1 Å². The molecule has 2 amide bonds. The average molecular weight is 248 g/mol. The van der Waals surface area contributed by atoms with Gasteiger partial charge < -0.3 is 5.32 Å². The van der Waals surface area contributed by atoms with Gasteiger partial charge in [0.2, 0.25) is 5.91 Å². The van der Waals surface area contributed by atoms with Crippen molar-refractivity contribution in [3.63, 3.8) is 0 Å². The molecular weight excluding hydrogens is 232 g/mol. The molecule has 1 aromatic heterocycles. The molecule has 3 rings (SSSR count). The molecule has 0 radical (unpaired) electrons. The van der Waals surface area contributed by atoms with E-state index >= 15 is 0 Å². The van der Waals surface area contributed by atoms with E-state index in [0.29, 0.717) is 11.7 Å². The van der Waals surface area contributed by atoms with Gasteiger partial charge in [-0.05, 0) is 25.7 Å². The highest BCUT2D eigenvalue weighted by atomic mass is 16.2. The van der Waals surface area contributed by atoms with Crippen molar-refractivity contribution in [2.45, 2.75) is 31.8 Å². The van der Waals surface area contributed by atoms with E-state index < -0.39 is 6.04 Å². The summed E-state index contributed by atoms with van der Waals surface area (Å²) < 4.78 is 1.63. The predicted octanol–water partition coefficient (Wildman–Crippen LogP) is 0.0500. The van der Waals surface area contributed by atoms with Crippen molar-refractivity contribution in [2.24, 2.45) is 13.0 Å². The average Bonchev–Trinajstić information content (AvgIpc) is 3.08. The molecule has 18 heavy (non-hydrogen) atoms. The number of amides is 2. The van der Waals surface area contributed by atoms with E-state index in [-0.39, 0.29) is 17.9 Å². The summed E-state index contributed by atoms with van der Waals surface area (Å²) in [6, 6.07) is 0.898. The van der Waals surface area contributed by atoms with Crippen LogP contribution >= 0.6 is 0 Å². The van der Waals surface area contributed by atoms with Crippen molar-refractivity contribution in [2.75, 3.05) is 4.90 Å². The van der Waals surface area contributed by atoms with Crippen molar-refractivity contribution in [3.05, 3.63) is 12.3 Å². The lowest BCUT2D eigenvalue weighted by atomic mass is 10.0. The molecule has 2 fully saturated rings. The SMILES string of the molecule is CC1C(=O)NC(C2CC2)C(=O)N1c1ccn(C)n1. The Morgan fingerprint density at radius 3 is 2.67 bits per heavy atom. The third kappa shape index (κ3) is 1.68. The van der Waals surface area contributed by atoms with E-state index in [4.69, 9.17) is 0 Å². The largest absolute Gasteiger partial charge is 0.342 e. The zero-order chi connectivity index (χ0) is 12.9. The van der Waals surface area contributed by atoms with Gasteiger partial charge in [0.25, 0.3) is 5.91 Å². The van der Waals surface area contributed by atoms with E-state index in [9.17, 15) is 9.59 Å². The molecule has 6 nitrogen and oxygen atoms in total. The number of piperazine rings is 1. The molecule has 6 heteroatoms. The Morgan fingerprint density at radius 1 is 1.39 bits per heavy atom. The first-order valence-electron chi connectivity index (χ1n) is 6.21. The molecule has 1 saturated carbocycles. The van der Waals surface area contributed by atoms with Crippen LogP contribution in [0.4, 0.5) is 5.82 Å². The summed E-state index contributed by atoms with van der Waals surface area (Å²) in [5, 5.41) is 7.05. The van der Waals surface area contributed by atoms with E-state index in [1.165, 1.54) is 4.90 Å². The van der Waals surface area contributed by atoms with E-state index in [2.05, 4.69) is 10.4 Å². The van der Waals surface area contributed by atoms with Crippen molar-refractivity contribution in [3.8, 4) is 0 Å². The van der Waals surface area contributed by atoms with Crippen molar-refractivity contribution in [1.82, 2.24) is 15.1 Å². The first-order chi connectivity index (χ1) is 8.58. The van der Waals surface area contributed by atoms with Crippen molar-refractivity contribution in [1.29, 1.82) is 0 Å². The number of carbonyl (C=O) groups excluding carboxylic acids is 2. The van der Waals surface area contributed by atoms with Crippen molar-refractivity contribution >= 4 is 17.6 Å². The molecule has 2 aliphatic rings. The Kier molecular flexibility index (Phi) is 2.39. The third-order valence-corrected chi connectivity index (χ3v) is 3.61. The van der Waals surface area contributed by atoms with Crippen LogP contribution in [0.1, 0.15) is 19.8 Å². The minimum atomic E-state index is -0.498. The number of hydrogen-bond acceptors (Lipinski definition) is 3. The van der Waals surface area contributed by atoms with Crippen LogP contribution < -0.4 is 10.2 Å². The first kappa shape index (κ1) is 11.3. The van der Waals surface area contributed by atoms with Crippen LogP contribution in [-0.2, 0) is 16.6 Å². The number of aryl methyl sites for hydroxylation is 1. The van der Waals surface area contributed by atoms with Crippen molar-refractivity contribution < 1.29 is 9.59 Å². The lowest BCUT2D eigenvalue weighted by Gasteiger charge is -2.36. The Labute approximate surface area is 105 Å². The zero-order valence-electron chi connectivity index (χ0n) is 10.5. The fourth-order valence-electron chi connectivity index (χ4n) is 2.39. The normalized spacial score (nSPS) is 28.4. The monoisotopic (exact) mass is 248 g/mol. The molecule has 96 valence electrons. The van der Waals surface area contributed by atoms with Gasteiger partial charge in [0, 0.05) is 19.3 Å². The molecule has 0 spiro atoms. The minimum Gasteiger partial charge on any atom is -0.342 e. The summed E-state index contributed by atoms with van der Waals surface area (Å²) in [5.74, 6) is 0.719. The Balaban J connectivity index is 1.93. The summed E-state index contributed by atoms with van der Waals surface area (Å²) in [7, 11) is 1.79. The molecule has 1 aliphatic carbocycles. The van der Waals surface area contributed by atoms with Crippen LogP contribution in [0.15, 0.2) is 12.3 Å². The smallest absolute Gasteiger partial charge is 0.251 e. The van der Waals surface area contributed by atoms with Gasteiger partial charge in [-0.2, -0.15) is 5.10 Å². The van der Waals surface area contributed by atoms with Crippen LogP contribution in [-0.4, -0.2) is 33.7 Å². The highest BCUT2D eigenvalue weighted by Gasteiger charge is 2.46.